The molecule has 0 aliphatic rings. The molecular weight excluding hydrogens is 234 g/mol. The molecule has 0 saturated carbocycles. The highest BCUT2D eigenvalue weighted by Crippen LogP contribution is 2.22. The summed E-state index contributed by atoms with van der Waals surface area (Å²) in [7, 11) is 0. The molecular formula is C16H21N3. The molecule has 2 heterocycles. The first-order chi connectivity index (χ1) is 9.22. The molecule has 2 aromatic heterocycles. The number of nitrogens with zero attached hydrogens (tertiary/aromatic N) is 2. The summed E-state index contributed by atoms with van der Waals surface area (Å²) in [6, 6.07) is 8.33. The van der Waals surface area contributed by atoms with Crippen molar-refractivity contribution in [3.63, 3.8) is 0 Å². The molecule has 0 aliphatic carbocycles. The molecule has 1 atom stereocenters. The van der Waals surface area contributed by atoms with E-state index >= 15 is 0 Å². The lowest BCUT2D eigenvalue weighted by atomic mass is 10.00. The summed E-state index contributed by atoms with van der Waals surface area (Å²) in [6.45, 7) is 7.28. The van der Waals surface area contributed by atoms with Crippen molar-refractivity contribution in [2.24, 2.45) is 0 Å². The van der Waals surface area contributed by atoms with Crippen molar-refractivity contribution in [3.8, 4) is 0 Å². The maximum absolute atomic E-state index is 4.65. The van der Waals surface area contributed by atoms with Gasteiger partial charge in [-0.15, -0.1) is 0 Å². The van der Waals surface area contributed by atoms with Crippen LogP contribution in [0.2, 0.25) is 0 Å². The summed E-state index contributed by atoms with van der Waals surface area (Å²) in [6.07, 6.45) is 4.87. The van der Waals surface area contributed by atoms with E-state index < -0.39 is 0 Å². The fourth-order valence-corrected chi connectivity index (χ4v) is 2.17. The molecule has 2 rings (SSSR count). The lowest BCUT2D eigenvalue weighted by Crippen LogP contribution is -2.25. The number of rotatable bonds is 5. The first-order valence-electron chi connectivity index (χ1n) is 6.79. The van der Waals surface area contributed by atoms with Crippen LogP contribution in [0.25, 0.3) is 0 Å². The molecule has 0 saturated heterocycles. The van der Waals surface area contributed by atoms with E-state index in [1.807, 2.05) is 31.5 Å². The zero-order chi connectivity index (χ0) is 13.7. The molecule has 1 N–H and O–H groups in total. The Labute approximate surface area is 115 Å². The van der Waals surface area contributed by atoms with Gasteiger partial charge < -0.3 is 5.32 Å². The van der Waals surface area contributed by atoms with Crippen molar-refractivity contribution in [2.45, 2.75) is 33.2 Å². The summed E-state index contributed by atoms with van der Waals surface area (Å²) < 4.78 is 0. The van der Waals surface area contributed by atoms with Crippen molar-refractivity contribution in [1.82, 2.24) is 15.3 Å². The van der Waals surface area contributed by atoms with Crippen LogP contribution in [0.15, 0.2) is 36.7 Å². The van der Waals surface area contributed by atoms with Crippen LogP contribution in [0.5, 0.6) is 0 Å². The van der Waals surface area contributed by atoms with Crippen LogP contribution in [-0.2, 0) is 0 Å². The maximum Gasteiger partial charge on any atom is 0.0769 e. The van der Waals surface area contributed by atoms with Crippen molar-refractivity contribution in [2.75, 3.05) is 6.54 Å². The van der Waals surface area contributed by atoms with Gasteiger partial charge in [0.15, 0.2) is 0 Å². The predicted molar refractivity (Wildman–Crippen MR) is 78.1 cm³/mol. The van der Waals surface area contributed by atoms with E-state index in [4.69, 9.17) is 0 Å². The van der Waals surface area contributed by atoms with Crippen LogP contribution in [0.3, 0.4) is 0 Å². The van der Waals surface area contributed by atoms with Gasteiger partial charge in [-0.25, -0.2) is 0 Å². The van der Waals surface area contributed by atoms with Gasteiger partial charge in [0.2, 0.25) is 0 Å². The van der Waals surface area contributed by atoms with Crippen molar-refractivity contribution < 1.29 is 0 Å². The molecule has 100 valence electrons. The fourth-order valence-electron chi connectivity index (χ4n) is 2.17. The molecule has 0 spiro atoms. The SMILES string of the molecule is CCCNC(c1cccc(C)n1)c1cnccc1C. The van der Waals surface area contributed by atoms with E-state index in [1.165, 1.54) is 11.1 Å². The van der Waals surface area contributed by atoms with Gasteiger partial charge in [-0.2, -0.15) is 0 Å². The van der Waals surface area contributed by atoms with E-state index in [0.29, 0.717) is 0 Å². The third kappa shape index (κ3) is 3.38. The average molecular weight is 255 g/mol. The Hall–Kier alpha value is -1.74. The minimum atomic E-state index is 0.119. The van der Waals surface area contributed by atoms with E-state index in [2.05, 4.69) is 41.3 Å². The Morgan fingerprint density at radius 1 is 1.21 bits per heavy atom. The van der Waals surface area contributed by atoms with Gasteiger partial charge in [-0.3, -0.25) is 9.97 Å². The molecule has 0 amide bonds. The largest absolute Gasteiger partial charge is 0.305 e. The molecule has 2 aromatic rings. The van der Waals surface area contributed by atoms with E-state index in [1.54, 1.807) is 0 Å². The maximum atomic E-state index is 4.65. The molecule has 3 heteroatoms. The lowest BCUT2D eigenvalue weighted by Gasteiger charge is -2.20. The Morgan fingerprint density at radius 3 is 2.74 bits per heavy atom. The Morgan fingerprint density at radius 2 is 2.05 bits per heavy atom. The molecule has 0 bridgehead atoms. The molecule has 0 aromatic carbocycles. The molecule has 19 heavy (non-hydrogen) atoms. The van der Waals surface area contributed by atoms with Crippen LogP contribution in [0.4, 0.5) is 0 Å². The summed E-state index contributed by atoms with van der Waals surface area (Å²) in [5.41, 5.74) is 4.55. The quantitative estimate of drug-likeness (QED) is 0.891. The highest BCUT2D eigenvalue weighted by atomic mass is 14.9. The van der Waals surface area contributed by atoms with Crippen LogP contribution in [0.1, 0.15) is 41.9 Å². The van der Waals surface area contributed by atoms with Crippen molar-refractivity contribution in [1.29, 1.82) is 0 Å². The Bertz CT molecular complexity index is 537. The highest BCUT2D eigenvalue weighted by Gasteiger charge is 2.16. The molecule has 3 nitrogen and oxygen atoms in total. The number of nitrogens with one attached hydrogen (secondary N) is 1. The van der Waals surface area contributed by atoms with E-state index in [0.717, 1.165) is 24.4 Å². The standard InChI is InChI=1S/C16H21N3/c1-4-9-18-16(14-11-17-10-8-12(14)2)15-7-5-6-13(3)19-15/h5-8,10-11,16,18H,4,9H2,1-3H3. The van der Waals surface area contributed by atoms with Crippen LogP contribution < -0.4 is 5.32 Å². The van der Waals surface area contributed by atoms with Crippen molar-refractivity contribution >= 4 is 0 Å². The first-order valence-corrected chi connectivity index (χ1v) is 6.79. The molecule has 0 radical (unpaired) electrons. The third-order valence-electron chi connectivity index (χ3n) is 3.19. The molecule has 0 fully saturated rings. The van der Waals surface area contributed by atoms with Crippen LogP contribution in [-0.4, -0.2) is 16.5 Å². The highest BCUT2D eigenvalue weighted by molar-refractivity contribution is 5.32. The first kappa shape index (κ1) is 13.7. The predicted octanol–water partition coefficient (Wildman–Crippen LogP) is 3.18. The normalized spacial score (nSPS) is 12.4. The summed E-state index contributed by atoms with van der Waals surface area (Å²) in [4.78, 5) is 8.91. The second kappa shape index (κ2) is 6.43. The summed E-state index contributed by atoms with van der Waals surface area (Å²) in [5.74, 6) is 0. The van der Waals surface area contributed by atoms with Gasteiger partial charge in [0.25, 0.3) is 0 Å². The second-order valence-electron chi connectivity index (χ2n) is 4.82. The minimum Gasteiger partial charge on any atom is -0.305 e. The molecule has 1 unspecified atom stereocenters. The summed E-state index contributed by atoms with van der Waals surface area (Å²) >= 11 is 0. The zero-order valence-electron chi connectivity index (χ0n) is 11.9. The Kier molecular flexibility index (Phi) is 4.63. The summed E-state index contributed by atoms with van der Waals surface area (Å²) in [5, 5.41) is 3.57. The average Bonchev–Trinajstić information content (AvgIpc) is 2.41. The van der Waals surface area contributed by atoms with Crippen molar-refractivity contribution in [3.05, 3.63) is 59.2 Å². The number of hydrogen-bond acceptors (Lipinski definition) is 3. The van der Waals surface area contributed by atoms with E-state index in [-0.39, 0.29) is 6.04 Å². The number of pyridine rings is 2. The smallest absolute Gasteiger partial charge is 0.0769 e. The lowest BCUT2D eigenvalue weighted by molar-refractivity contribution is 0.581. The second-order valence-corrected chi connectivity index (χ2v) is 4.82. The fraction of sp³-hybridized carbons (Fsp3) is 0.375. The van der Waals surface area contributed by atoms with Gasteiger partial charge in [-0.1, -0.05) is 13.0 Å². The van der Waals surface area contributed by atoms with E-state index in [9.17, 15) is 0 Å². The number of aromatic nitrogens is 2. The van der Waals surface area contributed by atoms with Gasteiger partial charge in [0.1, 0.15) is 0 Å². The monoisotopic (exact) mass is 255 g/mol. The van der Waals surface area contributed by atoms with Gasteiger partial charge >= 0.3 is 0 Å². The zero-order valence-corrected chi connectivity index (χ0v) is 11.9. The van der Waals surface area contributed by atoms with Gasteiger partial charge in [0, 0.05) is 18.1 Å². The molecule has 0 aliphatic heterocycles. The Balaban J connectivity index is 2.38. The van der Waals surface area contributed by atoms with Crippen LogP contribution in [0, 0.1) is 13.8 Å². The minimum absolute atomic E-state index is 0.119. The van der Waals surface area contributed by atoms with Gasteiger partial charge in [-0.05, 0) is 56.1 Å². The third-order valence-corrected chi connectivity index (χ3v) is 3.19. The number of aryl methyl sites for hydroxylation is 2. The van der Waals surface area contributed by atoms with Crippen LogP contribution >= 0.6 is 0 Å². The number of hydrogen-bond donors (Lipinski definition) is 1. The topological polar surface area (TPSA) is 37.8 Å². The van der Waals surface area contributed by atoms with Gasteiger partial charge in [0.05, 0.1) is 11.7 Å².